The SMILES string of the molecule is CC(C)=O.CC1=C/C=C(/C(F)(F)F)C(C)C\C=C\1.CCC(=O)c1cccc(C(F)(F)F)c1.CCCC. The predicted molar refractivity (Wildman–Crippen MR) is 134 cm³/mol. The number of hydrogen-bond donors (Lipinski definition) is 0. The number of halogens is 6. The number of alkyl halides is 6. The van der Waals surface area contributed by atoms with Crippen molar-refractivity contribution in [3.05, 3.63) is 70.8 Å². The molecule has 0 spiro atoms. The molecular weight excluding hydrogens is 482 g/mol. The highest BCUT2D eigenvalue weighted by Crippen LogP contribution is 2.34. The minimum Gasteiger partial charge on any atom is -0.300 e. The molecule has 8 heteroatoms. The van der Waals surface area contributed by atoms with E-state index in [1.807, 2.05) is 6.08 Å². The molecule has 0 saturated carbocycles. The number of hydrogen-bond acceptors (Lipinski definition) is 2. The topological polar surface area (TPSA) is 34.1 Å². The van der Waals surface area contributed by atoms with Gasteiger partial charge in [0.2, 0.25) is 0 Å². The van der Waals surface area contributed by atoms with Crippen molar-refractivity contribution in [2.75, 3.05) is 0 Å². The van der Waals surface area contributed by atoms with E-state index in [0.29, 0.717) is 6.42 Å². The van der Waals surface area contributed by atoms with Crippen molar-refractivity contribution < 1.29 is 35.9 Å². The second-order valence-electron chi connectivity index (χ2n) is 8.33. The molecule has 0 saturated heterocycles. The maximum absolute atomic E-state index is 12.5. The summed E-state index contributed by atoms with van der Waals surface area (Å²) in [6, 6.07) is 4.46. The third kappa shape index (κ3) is 16.9. The normalized spacial score (nSPS) is 19.0. The molecule has 0 aromatic heterocycles. The van der Waals surface area contributed by atoms with Gasteiger partial charge < -0.3 is 4.79 Å². The van der Waals surface area contributed by atoms with E-state index in [1.54, 1.807) is 26.8 Å². The third-order valence-electron chi connectivity index (χ3n) is 4.59. The van der Waals surface area contributed by atoms with Crippen molar-refractivity contribution in [1.29, 1.82) is 0 Å². The van der Waals surface area contributed by atoms with Crippen LogP contribution in [0.5, 0.6) is 0 Å². The molecular formula is C28H38F6O2. The highest BCUT2D eigenvalue weighted by Gasteiger charge is 2.36. The summed E-state index contributed by atoms with van der Waals surface area (Å²) in [5, 5.41) is 0. The summed E-state index contributed by atoms with van der Waals surface area (Å²) in [4.78, 5) is 20.6. The standard InChI is InChI=1S/C11H13F3.C10H9F3O.C4H10.C3H6O/c1-8-4-3-5-9(2)10(7-6-8)11(12,13)14;1-2-9(14)7-4-3-5-8(6-7)10(11,12)13;1-3-4-2;1-3(2)4/h3-4,6-7,9H,5H2,1-2H3;3-6H,2H2,1H3;3-4H2,1-2H3;1-2H3/b4-3+,8-6-,10-7+;;;. The summed E-state index contributed by atoms with van der Waals surface area (Å²) >= 11 is 0. The molecule has 0 N–H and O–H groups in total. The van der Waals surface area contributed by atoms with Crippen molar-refractivity contribution in [3.63, 3.8) is 0 Å². The zero-order chi connectivity index (χ0) is 28.5. The van der Waals surface area contributed by atoms with Crippen molar-refractivity contribution in [2.24, 2.45) is 5.92 Å². The number of rotatable bonds is 3. The van der Waals surface area contributed by atoms with E-state index in [-0.39, 0.29) is 23.6 Å². The molecule has 0 radical (unpaired) electrons. The van der Waals surface area contributed by atoms with Crippen LogP contribution in [0, 0.1) is 5.92 Å². The third-order valence-corrected chi connectivity index (χ3v) is 4.59. The number of Topliss-reactive ketones (excluding diaryl/α,β-unsaturated/α-hetero) is 2. The largest absolute Gasteiger partial charge is 0.416 e. The molecule has 36 heavy (non-hydrogen) atoms. The molecule has 1 atom stereocenters. The van der Waals surface area contributed by atoms with Gasteiger partial charge in [0.15, 0.2) is 5.78 Å². The smallest absolute Gasteiger partial charge is 0.300 e. The van der Waals surface area contributed by atoms with Crippen LogP contribution in [0.2, 0.25) is 0 Å². The van der Waals surface area contributed by atoms with Crippen LogP contribution in [0.4, 0.5) is 26.3 Å². The summed E-state index contributed by atoms with van der Waals surface area (Å²) in [5.41, 5.74) is -0.265. The first-order valence-corrected chi connectivity index (χ1v) is 11.8. The highest BCUT2D eigenvalue weighted by atomic mass is 19.4. The summed E-state index contributed by atoms with van der Waals surface area (Å²) < 4.78 is 74.2. The summed E-state index contributed by atoms with van der Waals surface area (Å²) in [6.45, 7) is 12.4. The molecule has 0 amide bonds. The van der Waals surface area contributed by atoms with Gasteiger partial charge in [-0.15, -0.1) is 0 Å². The Balaban J connectivity index is 0. The number of ketones is 2. The van der Waals surface area contributed by atoms with Crippen LogP contribution in [-0.4, -0.2) is 17.7 Å². The Morgan fingerprint density at radius 1 is 0.917 bits per heavy atom. The summed E-state index contributed by atoms with van der Waals surface area (Å²) in [5.74, 6) is -0.577. The van der Waals surface area contributed by atoms with Gasteiger partial charge in [0, 0.05) is 17.6 Å². The van der Waals surface area contributed by atoms with Crippen LogP contribution in [0.15, 0.2) is 59.7 Å². The molecule has 204 valence electrons. The van der Waals surface area contributed by atoms with Gasteiger partial charge in [-0.2, -0.15) is 26.3 Å². The fourth-order valence-corrected chi connectivity index (χ4v) is 2.47. The van der Waals surface area contributed by atoms with E-state index < -0.39 is 29.4 Å². The first-order valence-electron chi connectivity index (χ1n) is 11.8. The van der Waals surface area contributed by atoms with E-state index in [4.69, 9.17) is 0 Å². The monoisotopic (exact) mass is 520 g/mol. The molecule has 1 aromatic rings. The van der Waals surface area contributed by atoms with E-state index in [1.165, 1.54) is 51.0 Å². The predicted octanol–water partition coefficient (Wildman–Crippen LogP) is 9.72. The molecule has 2 rings (SSSR count). The summed E-state index contributed by atoms with van der Waals surface area (Å²) in [6.07, 6.45) is 1.02. The molecule has 2 nitrogen and oxygen atoms in total. The zero-order valence-corrected chi connectivity index (χ0v) is 22.1. The van der Waals surface area contributed by atoms with E-state index >= 15 is 0 Å². The van der Waals surface area contributed by atoms with E-state index in [9.17, 15) is 35.9 Å². The Morgan fingerprint density at radius 3 is 1.86 bits per heavy atom. The number of benzene rings is 1. The maximum atomic E-state index is 12.5. The molecule has 0 fully saturated rings. The van der Waals surface area contributed by atoms with Crippen LogP contribution in [0.1, 0.15) is 90.1 Å². The van der Waals surface area contributed by atoms with Gasteiger partial charge in [-0.1, -0.05) is 82.5 Å². The van der Waals surface area contributed by atoms with E-state index in [0.717, 1.165) is 17.7 Å². The van der Waals surface area contributed by atoms with Crippen LogP contribution >= 0.6 is 0 Å². The number of allylic oxidation sites excluding steroid dienone is 6. The molecule has 0 aliphatic heterocycles. The molecule has 0 heterocycles. The average molecular weight is 521 g/mol. The van der Waals surface area contributed by atoms with Gasteiger partial charge in [0.1, 0.15) is 5.78 Å². The maximum Gasteiger partial charge on any atom is 0.416 e. The van der Waals surface area contributed by atoms with Gasteiger partial charge in [-0.25, -0.2) is 0 Å². The Hall–Kier alpha value is -2.64. The van der Waals surface area contributed by atoms with Crippen LogP contribution in [0.25, 0.3) is 0 Å². The quantitative estimate of drug-likeness (QED) is 0.294. The lowest BCUT2D eigenvalue weighted by atomic mass is 9.94. The Labute approximate surface area is 211 Å². The molecule has 1 aliphatic rings. The lowest BCUT2D eigenvalue weighted by molar-refractivity contribution is -0.137. The van der Waals surface area contributed by atoms with Gasteiger partial charge in [0.05, 0.1) is 5.56 Å². The average Bonchev–Trinajstić information content (AvgIpc) is 2.76. The van der Waals surface area contributed by atoms with Gasteiger partial charge in [-0.3, -0.25) is 4.79 Å². The highest BCUT2D eigenvalue weighted by molar-refractivity contribution is 5.96. The Kier molecular flexibility index (Phi) is 17.5. The Morgan fingerprint density at radius 2 is 1.44 bits per heavy atom. The van der Waals surface area contributed by atoms with Gasteiger partial charge in [-0.05, 0) is 45.2 Å². The number of carbonyl (C=O) groups is 2. The molecule has 0 bridgehead atoms. The number of unbranched alkanes of at least 4 members (excludes halogenated alkanes) is 1. The first-order chi connectivity index (χ1) is 16.5. The van der Waals surface area contributed by atoms with Crippen LogP contribution in [0.3, 0.4) is 0 Å². The van der Waals surface area contributed by atoms with Crippen LogP contribution < -0.4 is 0 Å². The fourth-order valence-electron chi connectivity index (χ4n) is 2.47. The van der Waals surface area contributed by atoms with Crippen molar-refractivity contribution in [2.45, 2.75) is 86.5 Å². The van der Waals surface area contributed by atoms with Crippen molar-refractivity contribution in [3.8, 4) is 0 Å². The lowest BCUT2D eigenvalue weighted by Crippen LogP contribution is -2.18. The zero-order valence-electron chi connectivity index (χ0n) is 22.1. The van der Waals surface area contributed by atoms with Crippen LogP contribution in [-0.2, 0) is 11.0 Å². The minimum atomic E-state index is -4.38. The summed E-state index contributed by atoms with van der Waals surface area (Å²) in [7, 11) is 0. The first kappa shape index (κ1) is 35.5. The second kappa shape index (κ2) is 17.7. The minimum absolute atomic E-state index is 0.113. The fraction of sp³-hybridized carbons (Fsp3) is 0.500. The molecule has 1 unspecified atom stereocenters. The second-order valence-corrected chi connectivity index (χ2v) is 8.33. The van der Waals surface area contributed by atoms with E-state index in [2.05, 4.69) is 13.8 Å². The van der Waals surface area contributed by atoms with Gasteiger partial charge >= 0.3 is 12.4 Å². The Bertz CT molecular complexity index is 884. The number of carbonyl (C=O) groups excluding carboxylic acids is 2. The van der Waals surface area contributed by atoms with Gasteiger partial charge in [0.25, 0.3) is 0 Å². The molecule has 1 aliphatic carbocycles. The molecule has 1 aromatic carbocycles. The lowest BCUT2D eigenvalue weighted by Gasteiger charge is -2.18. The van der Waals surface area contributed by atoms with Crippen molar-refractivity contribution >= 4 is 11.6 Å². The van der Waals surface area contributed by atoms with Crippen molar-refractivity contribution in [1.82, 2.24) is 0 Å².